The Kier molecular flexibility index (Phi) is 5.82. The van der Waals surface area contributed by atoms with Gasteiger partial charge in [0.2, 0.25) is 0 Å². The molecule has 0 bridgehead atoms. The number of carbonyl (C=O) groups is 1. The van der Waals surface area contributed by atoms with Crippen LogP contribution in [-0.2, 0) is 9.53 Å². The standard InChI is InChI=1S/C28H35NO4/c1-3-33-17-28(31)13-12-25-23-10-8-20-14-21(30)9-11-22(20)26(23)24(15-27(25,28)2)19-6-4-18(5-7-19)16-29-32/h4-7,14,16,23-25,31-32H,3,8-13,15,17H2,1-2H3/b29-16-/t23-,24+,25-,27-,28+/m0/s1. The van der Waals surface area contributed by atoms with E-state index in [9.17, 15) is 9.90 Å². The summed E-state index contributed by atoms with van der Waals surface area (Å²) >= 11 is 0. The Hall–Kier alpha value is -2.24. The number of hydrogen-bond donors (Lipinski definition) is 2. The molecule has 2 saturated carbocycles. The molecule has 0 radical (unpaired) electrons. The predicted octanol–water partition coefficient (Wildman–Crippen LogP) is 5.16. The van der Waals surface area contributed by atoms with Gasteiger partial charge in [0.25, 0.3) is 0 Å². The molecular weight excluding hydrogens is 414 g/mol. The van der Waals surface area contributed by atoms with Crippen molar-refractivity contribution in [2.75, 3.05) is 13.2 Å². The van der Waals surface area contributed by atoms with Crippen molar-refractivity contribution in [1.29, 1.82) is 0 Å². The Labute approximate surface area is 196 Å². The first kappa shape index (κ1) is 22.5. The number of allylic oxidation sites excluding steroid dienone is 4. The predicted molar refractivity (Wildman–Crippen MR) is 128 cm³/mol. The van der Waals surface area contributed by atoms with Crippen LogP contribution in [0.25, 0.3) is 0 Å². The summed E-state index contributed by atoms with van der Waals surface area (Å²) < 4.78 is 5.81. The van der Waals surface area contributed by atoms with Crippen LogP contribution >= 0.6 is 0 Å². The van der Waals surface area contributed by atoms with Crippen LogP contribution in [0.5, 0.6) is 0 Å². The first-order valence-electron chi connectivity index (χ1n) is 12.4. The van der Waals surface area contributed by atoms with Crippen molar-refractivity contribution in [3.05, 3.63) is 58.2 Å². The molecule has 1 aromatic carbocycles. The van der Waals surface area contributed by atoms with E-state index in [-0.39, 0.29) is 17.1 Å². The molecule has 5 heteroatoms. The highest BCUT2D eigenvalue weighted by atomic mass is 16.5. The molecule has 5 nitrogen and oxygen atoms in total. The molecule has 4 aliphatic rings. The minimum atomic E-state index is -0.815. The average molecular weight is 450 g/mol. The van der Waals surface area contributed by atoms with Gasteiger partial charge in [-0.2, -0.15) is 0 Å². The van der Waals surface area contributed by atoms with E-state index in [4.69, 9.17) is 9.94 Å². The van der Waals surface area contributed by atoms with Crippen molar-refractivity contribution in [3.63, 3.8) is 0 Å². The van der Waals surface area contributed by atoms with Gasteiger partial charge < -0.3 is 15.1 Å². The lowest BCUT2D eigenvalue weighted by atomic mass is 9.51. The Morgan fingerprint density at radius 3 is 2.70 bits per heavy atom. The van der Waals surface area contributed by atoms with Crippen molar-refractivity contribution < 1.29 is 19.8 Å². The van der Waals surface area contributed by atoms with Gasteiger partial charge in [0.1, 0.15) is 0 Å². The normalized spacial score (nSPS) is 35.9. The molecule has 0 amide bonds. The van der Waals surface area contributed by atoms with Gasteiger partial charge in [-0.15, -0.1) is 0 Å². The number of nitrogens with zero attached hydrogens (tertiary/aromatic N) is 1. The number of fused-ring (bicyclic) bond motifs is 4. The lowest BCUT2D eigenvalue weighted by molar-refractivity contribution is -0.133. The Bertz CT molecular complexity index is 1020. The monoisotopic (exact) mass is 449 g/mol. The summed E-state index contributed by atoms with van der Waals surface area (Å²) in [4.78, 5) is 12.2. The number of hydrogen-bond acceptors (Lipinski definition) is 5. The number of rotatable bonds is 5. The van der Waals surface area contributed by atoms with Crippen molar-refractivity contribution in [2.45, 2.75) is 70.3 Å². The smallest absolute Gasteiger partial charge is 0.156 e. The second kappa shape index (κ2) is 8.52. The number of benzene rings is 1. The first-order chi connectivity index (χ1) is 15.9. The van der Waals surface area contributed by atoms with Crippen LogP contribution in [0.15, 0.2) is 52.2 Å². The van der Waals surface area contributed by atoms with Crippen LogP contribution in [0, 0.1) is 17.3 Å². The van der Waals surface area contributed by atoms with Gasteiger partial charge in [-0.3, -0.25) is 4.79 Å². The van der Waals surface area contributed by atoms with Gasteiger partial charge in [-0.25, -0.2) is 0 Å². The lowest BCUT2D eigenvalue weighted by Gasteiger charge is -2.54. The highest BCUT2D eigenvalue weighted by molar-refractivity contribution is 5.93. The lowest BCUT2D eigenvalue weighted by Crippen LogP contribution is -2.53. The average Bonchev–Trinajstić information content (AvgIpc) is 3.08. The van der Waals surface area contributed by atoms with Gasteiger partial charge in [0.05, 0.1) is 18.4 Å². The molecule has 176 valence electrons. The van der Waals surface area contributed by atoms with E-state index in [1.165, 1.54) is 28.5 Å². The molecule has 1 aromatic rings. The maximum Gasteiger partial charge on any atom is 0.156 e. The molecule has 33 heavy (non-hydrogen) atoms. The second-order valence-corrected chi connectivity index (χ2v) is 10.6. The zero-order valence-corrected chi connectivity index (χ0v) is 19.7. The minimum absolute atomic E-state index is 0.203. The maximum absolute atomic E-state index is 12.2. The van der Waals surface area contributed by atoms with E-state index < -0.39 is 5.60 Å². The summed E-state index contributed by atoms with van der Waals surface area (Å²) in [7, 11) is 0. The van der Waals surface area contributed by atoms with E-state index in [0.29, 0.717) is 31.5 Å². The number of oxime groups is 1. The summed E-state index contributed by atoms with van der Waals surface area (Å²) in [6.45, 7) is 5.29. The Morgan fingerprint density at radius 2 is 1.97 bits per heavy atom. The summed E-state index contributed by atoms with van der Waals surface area (Å²) in [5.41, 5.74) is 5.24. The molecule has 0 aliphatic heterocycles. The fraction of sp³-hybridized carbons (Fsp3) is 0.571. The van der Waals surface area contributed by atoms with E-state index in [2.05, 4.69) is 24.2 Å². The van der Waals surface area contributed by atoms with Crippen LogP contribution in [0.3, 0.4) is 0 Å². The van der Waals surface area contributed by atoms with Crippen molar-refractivity contribution in [1.82, 2.24) is 0 Å². The molecule has 0 saturated heterocycles. The molecule has 2 fully saturated rings. The third kappa shape index (κ3) is 3.60. The quantitative estimate of drug-likeness (QED) is 0.370. The fourth-order valence-corrected chi connectivity index (χ4v) is 7.44. The zero-order chi connectivity index (χ0) is 23.2. The molecule has 0 aromatic heterocycles. The highest BCUT2D eigenvalue weighted by Crippen LogP contribution is 2.66. The van der Waals surface area contributed by atoms with E-state index in [1.54, 1.807) is 0 Å². The van der Waals surface area contributed by atoms with Crippen molar-refractivity contribution >= 4 is 12.0 Å². The second-order valence-electron chi connectivity index (χ2n) is 10.6. The van der Waals surface area contributed by atoms with Crippen LogP contribution in [-0.4, -0.2) is 41.1 Å². The molecule has 0 unspecified atom stereocenters. The number of aliphatic hydroxyl groups is 1. The van der Waals surface area contributed by atoms with Crippen molar-refractivity contribution in [3.8, 4) is 0 Å². The summed E-state index contributed by atoms with van der Waals surface area (Å²) in [6, 6.07) is 8.26. The van der Waals surface area contributed by atoms with Gasteiger partial charge in [0.15, 0.2) is 5.78 Å². The fourth-order valence-electron chi connectivity index (χ4n) is 7.44. The molecule has 0 spiro atoms. The number of ether oxygens (including phenoxy) is 1. The van der Waals surface area contributed by atoms with E-state index in [1.807, 2.05) is 25.1 Å². The largest absolute Gasteiger partial charge is 0.411 e. The van der Waals surface area contributed by atoms with Crippen LogP contribution in [0.1, 0.15) is 75.8 Å². The van der Waals surface area contributed by atoms with Gasteiger partial charge in [-0.05, 0) is 85.6 Å². The van der Waals surface area contributed by atoms with Gasteiger partial charge in [0, 0.05) is 24.4 Å². The first-order valence-corrected chi connectivity index (χ1v) is 12.4. The molecule has 0 heterocycles. The minimum Gasteiger partial charge on any atom is -0.411 e. The third-order valence-electron chi connectivity index (χ3n) is 9.15. The number of ketones is 1. The van der Waals surface area contributed by atoms with Crippen LogP contribution in [0.4, 0.5) is 0 Å². The molecule has 5 rings (SSSR count). The number of carbonyl (C=O) groups excluding carboxylic acids is 1. The molecular formula is C28H35NO4. The molecule has 5 atom stereocenters. The summed E-state index contributed by atoms with van der Waals surface area (Å²) in [5, 5.41) is 23.9. The zero-order valence-electron chi connectivity index (χ0n) is 19.7. The molecule has 2 N–H and O–H groups in total. The van der Waals surface area contributed by atoms with Crippen LogP contribution < -0.4 is 0 Å². The van der Waals surface area contributed by atoms with E-state index in [0.717, 1.165) is 44.1 Å². The van der Waals surface area contributed by atoms with Crippen LogP contribution in [0.2, 0.25) is 0 Å². The van der Waals surface area contributed by atoms with Crippen molar-refractivity contribution in [2.24, 2.45) is 22.4 Å². The summed E-state index contributed by atoms with van der Waals surface area (Å²) in [5.74, 6) is 1.32. The third-order valence-corrected chi connectivity index (χ3v) is 9.15. The molecule has 4 aliphatic carbocycles. The summed E-state index contributed by atoms with van der Waals surface area (Å²) in [6.07, 6.45) is 9.49. The Balaban J connectivity index is 1.62. The topological polar surface area (TPSA) is 79.1 Å². The Morgan fingerprint density at radius 1 is 1.18 bits per heavy atom. The maximum atomic E-state index is 12.2. The van der Waals surface area contributed by atoms with Gasteiger partial charge >= 0.3 is 0 Å². The highest BCUT2D eigenvalue weighted by Gasteiger charge is 2.62. The van der Waals surface area contributed by atoms with Gasteiger partial charge in [-0.1, -0.05) is 41.9 Å². The van der Waals surface area contributed by atoms with E-state index >= 15 is 0 Å². The SMILES string of the molecule is CCOC[C@]1(O)CC[C@H]2[C@@H]3CCC4=CC(=O)CCC4=C3[C@@H](c3ccc(/C=N\O)cc3)C[C@@]21C.